The molecule has 2 aromatic carbocycles. The first-order chi connectivity index (χ1) is 12.1. The molecule has 3 rings (SSSR count). The van der Waals surface area contributed by atoms with Crippen molar-refractivity contribution < 1.29 is 19.1 Å². The Bertz CT molecular complexity index is 837. The molecule has 25 heavy (non-hydrogen) atoms. The summed E-state index contributed by atoms with van der Waals surface area (Å²) >= 11 is 0. The maximum Gasteiger partial charge on any atom is 0.331 e. The van der Waals surface area contributed by atoms with Gasteiger partial charge in [-0.05, 0) is 34.6 Å². The zero-order valence-corrected chi connectivity index (χ0v) is 14.1. The molecule has 1 aliphatic rings. The van der Waals surface area contributed by atoms with Gasteiger partial charge in [-0.1, -0.05) is 36.4 Å². The van der Waals surface area contributed by atoms with Gasteiger partial charge in [0.25, 0.3) is 0 Å². The van der Waals surface area contributed by atoms with Crippen LogP contribution in [0.15, 0.2) is 67.0 Å². The van der Waals surface area contributed by atoms with Crippen molar-refractivity contribution in [2.75, 3.05) is 14.2 Å². The van der Waals surface area contributed by atoms with Crippen molar-refractivity contribution in [2.24, 2.45) is 5.41 Å². The summed E-state index contributed by atoms with van der Waals surface area (Å²) in [5.41, 5.74) is -0.403. The molecule has 0 aromatic heterocycles. The van der Waals surface area contributed by atoms with Crippen LogP contribution in [0.2, 0.25) is 0 Å². The summed E-state index contributed by atoms with van der Waals surface area (Å²) in [6.45, 7) is 0.621. The van der Waals surface area contributed by atoms with Crippen molar-refractivity contribution in [1.82, 2.24) is 4.90 Å². The van der Waals surface area contributed by atoms with Gasteiger partial charge in [0.15, 0.2) is 0 Å². The lowest BCUT2D eigenvalue weighted by molar-refractivity contribution is -0.161. The number of esters is 2. The van der Waals surface area contributed by atoms with Crippen LogP contribution in [0.4, 0.5) is 0 Å². The Morgan fingerprint density at radius 3 is 2.12 bits per heavy atom. The Kier molecular flexibility index (Phi) is 4.57. The topological polar surface area (TPSA) is 55.8 Å². The molecule has 5 heteroatoms. The normalized spacial score (nSPS) is 15.2. The van der Waals surface area contributed by atoms with Crippen molar-refractivity contribution in [3.8, 4) is 0 Å². The van der Waals surface area contributed by atoms with Crippen LogP contribution in [-0.4, -0.2) is 31.1 Å². The fourth-order valence-electron chi connectivity index (χ4n) is 2.88. The lowest BCUT2D eigenvalue weighted by atomic mass is 9.86. The Labute approximate surface area is 146 Å². The number of benzene rings is 2. The summed E-state index contributed by atoms with van der Waals surface area (Å²) in [4.78, 5) is 26.0. The lowest BCUT2D eigenvalue weighted by Gasteiger charge is -2.28. The van der Waals surface area contributed by atoms with E-state index < -0.39 is 17.4 Å². The second-order valence-corrected chi connectivity index (χ2v) is 5.84. The second-order valence-electron chi connectivity index (χ2n) is 5.84. The molecule has 0 spiro atoms. The molecule has 0 N–H and O–H groups in total. The Hall–Kier alpha value is -3.08. The largest absolute Gasteiger partial charge is 0.468 e. The van der Waals surface area contributed by atoms with Gasteiger partial charge in [-0.15, -0.1) is 0 Å². The van der Waals surface area contributed by atoms with Gasteiger partial charge in [-0.2, -0.15) is 0 Å². The first-order valence-electron chi connectivity index (χ1n) is 7.88. The predicted molar refractivity (Wildman–Crippen MR) is 94.2 cm³/mol. The van der Waals surface area contributed by atoms with Crippen LogP contribution in [-0.2, 0) is 25.6 Å². The van der Waals surface area contributed by atoms with Crippen molar-refractivity contribution in [3.63, 3.8) is 0 Å². The number of hydrogen-bond acceptors (Lipinski definition) is 5. The minimum atomic E-state index is -1.52. The Balaban J connectivity index is 1.81. The SMILES string of the molecule is COC(=O)C1(C(=O)OC)C=CN(Cc2ccc3ccccc3c2)C=C1. The molecule has 0 radical (unpaired) electrons. The molecule has 2 aromatic rings. The van der Waals surface area contributed by atoms with E-state index in [4.69, 9.17) is 9.47 Å². The second kappa shape index (κ2) is 6.81. The average Bonchev–Trinajstić information content (AvgIpc) is 2.67. The van der Waals surface area contributed by atoms with Gasteiger partial charge in [-0.25, -0.2) is 0 Å². The minimum absolute atomic E-state index is 0.621. The first-order valence-corrected chi connectivity index (χ1v) is 7.88. The summed E-state index contributed by atoms with van der Waals surface area (Å²) in [5.74, 6) is -1.34. The van der Waals surface area contributed by atoms with Crippen LogP contribution in [0.5, 0.6) is 0 Å². The number of carbonyl (C=O) groups is 2. The van der Waals surface area contributed by atoms with E-state index in [-0.39, 0.29) is 0 Å². The molecule has 0 atom stereocenters. The lowest BCUT2D eigenvalue weighted by Crippen LogP contribution is -2.40. The minimum Gasteiger partial charge on any atom is -0.468 e. The van der Waals surface area contributed by atoms with Gasteiger partial charge >= 0.3 is 11.9 Å². The number of ether oxygens (including phenoxy) is 2. The highest BCUT2D eigenvalue weighted by molar-refractivity contribution is 6.04. The molecule has 0 bridgehead atoms. The van der Waals surface area contributed by atoms with Crippen molar-refractivity contribution in [2.45, 2.75) is 6.54 Å². The van der Waals surface area contributed by atoms with Crippen molar-refractivity contribution >= 4 is 22.7 Å². The zero-order valence-electron chi connectivity index (χ0n) is 14.1. The Morgan fingerprint density at radius 1 is 0.920 bits per heavy atom. The Morgan fingerprint density at radius 2 is 1.52 bits per heavy atom. The van der Waals surface area contributed by atoms with Gasteiger partial charge in [-0.3, -0.25) is 9.59 Å². The third-order valence-electron chi connectivity index (χ3n) is 4.28. The summed E-state index contributed by atoms with van der Waals surface area (Å²) in [6.07, 6.45) is 6.41. The average molecular weight is 337 g/mol. The maximum atomic E-state index is 12.1. The van der Waals surface area contributed by atoms with E-state index >= 15 is 0 Å². The molecular weight excluding hydrogens is 318 g/mol. The molecule has 0 saturated carbocycles. The highest BCUT2D eigenvalue weighted by Gasteiger charge is 2.45. The zero-order chi connectivity index (χ0) is 17.9. The van der Waals surface area contributed by atoms with Gasteiger partial charge in [0.05, 0.1) is 14.2 Å². The molecule has 5 nitrogen and oxygen atoms in total. The number of methoxy groups -OCH3 is 2. The van der Waals surface area contributed by atoms with Crippen LogP contribution < -0.4 is 0 Å². The van der Waals surface area contributed by atoms with E-state index in [2.05, 4.69) is 30.3 Å². The predicted octanol–water partition coefficient (Wildman–Crippen LogP) is 3.02. The van der Waals surface area contributed by atoms with Gasteiger partial charge in [0.1, 0.15) is 0 Å². The van der Waals surface area contributed by atoms with E-state index in [1.54, 1.807) is 12.4 Å². The molecule has 1 heterocycles. The van der Waals surface area contributed by atoms with Gasteiger partial charge in [0.2, 0.25) is 5.41 Å². The van der Waals surface area contributed by atoms with E-state index in [0.717, 1.165) is 5.56 Å². The quantitative estimate of drug-likeness (QED) is 0.634. The fraction of sp³-hybridized carbons (Fsp3) is 0.200. The van der Waals surface area contributed by atoms with E-state index in [1.165, 1.54) is 37.1 Å². The number of nitrogens with zero attached hydrogens (tertiary/aromatic N) is 1. The van der Waals surface area contributed by atoms with Crippen molar-refractivity contribution in [3.05, 3.63) is 72.6 Å². The summed E-state index contributed by atoms with van der Waals surface area (Å²) in [7, 11) is 2.49. The third kappa shape index (κ3) is 3.13. The number of fused-ring (bicyclic) bond motifs is 1. The number of rotatable bonds is 4. The van der Waals surface area contributed by atoms with Crippen molar-refractivity contribution in [1.29, 1.82) is 0 Å². The van der Waals surface area contributed by atoms with E-state index in [1.807, 2.05) is 17.0 Å². The molecule has 0 fully saturated rings. The molecule has 0 amide bonds. The molecule has 1 aliphatic heterocycles. The molecule has 128 valence electrons. The van der Waals surface area contributed by atoms with Gasteiger partial charge in [0, 0.05) is 18.9 Å². The number of carbonyl (C=O) groups excluding carboxylic acids is 2. The number of hydrogen-bond donors (Lipinski definition) is 0. The highest BCUT2D eigenvalue weighted by atomic mass is 16.5. The molecule has 0 saturated heterocycles. The summed E-state index contributed by atoms with van der Waals surface area (Å²) in [6, 6.07) is 14.4. The molecule has 0 unspecified atom stereocenters. The van der Waals surface area contributed by atoms with Gasteiger partial charge < -0.3 is 14.4 Å². The smallest absolute Gasteiger partial charge is 0.331 e. The van der Waals surface area contributed by atoms with E-state index in [9.17, 15) is 9.59 Å². The fourth-order valence-corrected chi connectivity index (χ4v) is 2.88. The van der Waals surface area contributed by atoms with Crippen LogP contribution in [0.25, 0.3) is 10.8 Å². The third-order valence-corrected chi connectivity index (χ3v) is 4.28. The van der Waals surface area contributed by atoms with Crippen LogP contribution in [0.1, 0.15) is 5.56 Å². The summed E-state index contributed by atoms with van der Waals surface area (Å²) < 4.78 is 9.51. The maximum absolute atomic E-state index is 12.1. The monoisotopic (exact) mass is 337 g/mol. The van der Waals surface area contributed by atoms with Crippen LogP contribution in [0.3, 0.4) is 0 Å². The molecule has 0 aliphatic carbocycles. The summed E-state index contributed by atoms with van der Waals surface area (Å²) in [5, 5.41) is 2.36. The van der Waals surface area contributed by atoms with E-state index in [0.29, 0.717) is 6.54 Å². The molecular formula is C20H19NO4. The first kappa shape index (κ1) is 16.8. The standard InChI is InChI=1S/C20H19NO4/c1-24-18(22)20(19(23)25-2)9-11-21(12-10-20)14-15-7-8-16-5-3-4-6-17(16)13-15/h3-13H,14H2,1-2H3. The van der Waals surface area contributed by atoms with Crippen LogP contribution in [0, 0.1) is 5.41 Å². The highest BCUT2D eigenvalue weighted by Crippen LogP contribution is 2.29. The van der Waals surface area contributed by atoms with Crippen LogP contribution >= 0.6 is 0 Å².